The molecule has 13 nitrogen and oxygen atoms in total. The summed E-state index contributed by atoms with van der Waals surface area (Å²) in [6, 6.07) is 11.2. The van der Waals surface area contributed by atoms with Crippen LogP contribution in [0.25, 0.3) is 10.8 Å². The molecular formula is C35H35F4N5O8S. The number of anilines is 3. The van der Waals surface area contributed by atoms with Gasteiger partial charge in [0, 0.05) is 29.4 Å². The number of amides is 2. The number of nitrogens with one attached hydrogen (secondary N) is 1. The van der Waals surface area contributed by atoms with Gasteiger partial charge in [-0.05, 0) is 91.4 Å². The van der Waals surface area contributed by atoms with Crippen molar-refractivity contribution in [2.24, 2.45) is 0 Å². The van der Waals surface area contributed by atoms with Crippen molar-refractivity contribution in [3.63, 3.8) is 0 Å². The van der Waals surface area contributed by atoms with E-state index in [-0.39, 0.29) is 52.2 Å². The lowest BCUT2D eigenvalue weighted by Crippen LogP contribution is -2.39. The fourth-order valence-corrected chi connectivity index (χ4v) is 7.16. The van der Waals surface area contributed by atoms with Crippen LogP contribution >= 0.6 is 0 Å². The Bertz CT molecular complexity index is 2150. The van der Waals surface area contributed by atoms with Gasteiger partial charge in [0.2, 0.25) is 5.91 Å². The molecule has 0 unspecified atom stereocenters. The third-order valence-electron chi connectivity index (χ3n) is 8.53. The van der Waals surface area contributed by atoms with E-state index in [0.29, 0.717) is 22.9 Å². The molecule has 1 saturated heterocycles. The minimum atomic E-state index is -5.50. The Balaban J connectivity index is 1.63. The summed E-state index contributed by atoms with van der Waals surface area (Å²) in [7, 11) is -3.23. The summed E-state index contributed by atoms with van der Waals surface area (Å²) in [5, 5.41) is 4.35. The monoisotopic (exact) mass is 761 g/mol. The lowest BCUT2D eigenvalue weighted by atomic mass is 10.00. The van der Waals surface area contributed by atoms with Crippen LogP contribution in [-0.4, -0.2) is 68.5 Å². The van der Waals surface area contributed by atoms with Crippen molar-refractivity contribution >= 4 is 55.8 Å². The molecule has 0 aliphatic carbocycles. The van der Waals surface area contributed by atoms with Crippen LogP contribution in [-0.2, 0) is 29.0 Å². The number of rotatable bonds is 10. The molecule has 282 valence electrons. The smallest absolute Gasteiger partial charge is 0.493 e. The fourth-order valence-electron chi connectivity index (χ4n) is 6.02. The number of hydrogen-bond donors (Lipinski definition) is 2. The first-order chi connectivity index (χ1) is 25.1. The third kappa shape index (κ3) is 8.21. The third-order valence-corrected chi connectivity index (χ3v) is 10.3. The summed E-state index contributed by atoms with van der Waals surface area (Å²) in [5.41, 5.74) is 5.75. The number of carbonyl (C=O) groups is 3. The van der Waals surface area contributed by atoms with E-state index in [0.717, 1.165) is 31.4 Å². The van der Waals surface area contributed by atoms with Gasteiger partial charge in [0.15, 0.2) is 9.84 Å². The van der Waals surface area contributed by atoms with Crippen LogP contribution in [0.1, 0.15) is 49.9 Å². The zero-order valence-electron chi connectivity index (χ0n) is 28.6. The van der Waals surface area contributed by atoms with Crippen molar-refractivity contribution in [3.05, 3.63) is 83.8 Å². The quantitative estimate of drug-likeness (QED) is 0.138. The second kappa shape index (κ2) is 15.5. The van der Waals surface area contributed by atoms with E-state index >= 15 is 4.39 Å². The number of nitrogens with zero attached hydrogens (tertiary/aromatic N) is 3. The lowest BCUT2D eigenvalue weighted by Gasteiger charge is -2.32. The van der Waals surface area contributed by atoms with E-state index in [1.807, 2.05) is 0 Å². The number of likely N-dealkylation sites (tertiary alicyclic amines) is 1. The summed E-state index contributed by atoms with van der Waals surface area (Å²) in [5.74, 6) is -4.03. The first kappa shape index (κ1) is 38.6. The second-order valence-corrected chi connectivity index (χ2v) is 14.0. The average Bonchev–Trinajstić information content (AvgIpc) is 3.63. The second-order valence-electron chi connectivity index (χ2n) is 11.8. The van der Waals surface area contributed by atoms with Gasteiger partial charge in [-0.15, -0.1) is 5.06 Å². The van der Waals surface area contributed by atoms with Gasteiger partial charge in [-0.3, -0.25) is 4.79 Å². The lowest BCUT2D eigenvalue weighted by molar-refractivity contribution is -0.200. The van der Waals surface area contributed by atoms with E-state index in [9.17, 15) is 36.0 Å². The van der Waals surface area contributed by atoms with Crippen molar-refractivity contribution in [2.45, 2.75) is 49.8 Å². The minimum Gasteiger partial charge on any atom is -0.494 e. The van der Waals surface area contributed by atoms with Crippen molar-refractivity contribution in [1.29, 1.82) is 0 Å². The van der Waals surface area contributed by atoms with Crippen LogP contribution < -0.4 is 20.9 Å². The molecule has 53 heavy (non-hydrogen) atoms. The predicted octanol–water partition coefficient (Wildman–Crippen LogP) is 6.26. The maximum Gasteiger partial charge on any atom is 0.493 e. The molecule has 0 spiro atoms. The SMILES string of the molecule is CCOc1ccc(F)c([C@H](Nc2ccc3c(N)nccc3c2)C(=O)N2CCC[C@@H]2c2cc(N(OC(=O)C(F)(F)F)C(=O)OC)ccc2S(=O)(=O)CC)c1. The minimum absolute atomic E-state index is 0.0635. The Labute approximate surface area is 301 Å². The van der Waals surface area contributed by atoms with Gasteiger partial charge in [0.05, 0.1) is 36.1 Å². The highest BCUT2D eigenvalue weighted by Crippen LogP contribution is 2.41. The molecule has 1 aliphatic heterocycles. The normalized spacial score (nSPS) is 15.2. The van der Waals surface area contributed by atoms with Gasteiger partial charge in [-0.1, -0.05) is 6.92 Å². The number of pyridine rings is 1. The highest BCUT2D eigenvalue weighted by atomic mass is 32.2. The van der Waals surface area contributed by atoms with E-state index < -0.39 is 63.3 Å². The molecule has 0 saturated carbocycles. The molecule has 0 radical (unpaired) electrons. The molecule has 4 aromatic rings. The number of carbonyl (C=O) groups excluding carboxylic acids is 3. The molecule has 1 fully saturated rings. The van der Waals surface area contributed by atoms with Gasteiger partial charge in [-0.25, -0.2) is 27.4 Å². The number of alkyl halides is 3. The zero-order valence-corrected chi connectivity index (χ0v) is 29.5. The molecule has 1 aliphatic rings. The highest BCUT2D eigenvalue weighted by molar-refractivity contribution is 7.91. The fraction of sp³-hybridized carbons (Fsp3) is 0.314. The first-order valence-electron chi connectivity index (χ1n) is 16.3. The summed E-state index contributed by atoms with van der Waals surface area (Å²) in [6.45, 7) is 3.42. The number of nitrogen functional groups attached to an aromatic ring is 1. The predicted molar refractivity (Wildman–Crippen MR) is 185 cm³/mol. The van der Waals surface area contributed by atoms with Crippen LogP contribution in [0.15, 0.2) is 71.8 Å². The van der Waals surface area contributed by atoms with Crippen molar-refractivity contribution < 1.29 is 54.7 Å². The van der Waals surface area contributed by atoms with Crippen molar-refractivity contribution in [3.8, 4) is 5.75 Å². The molecule has 3 aromatic carbocycles. The van der Waals surface area contributed by atoms with E-state index in [2.05, 4.69) is 19.9 Å². The van der Waals surface area contributed by atoms with E-state index in [4.69, 9.17) is 10.5 Å². The largest absolute Gasteiger partial charge is 0.494 e. The number of benzene rings is 3. The standard InChI is InChI=1S/C35H35F4N5O8S/c1-4-51-23-10-12-27(36)25(19-23)30(42-21-8-11-24-20(17-21)14-15-41-31(24)40)32(45)43-16-6-7-28(43)26-18-22(9-13-29(26)53(48,49)5-2)44(34(47)50-3)52-33(46)35(37,38)39/h8-15,17-19,28,30,42H,4-7,16H2,1-3H3,(H2,40,41)/t28-,30+/m1/s1. The first-order valence-corrected chi connectivity index (χ1v) is 17.9. The van der Waals surface area contributed by atoms with Gasteiger partial charge in [0.25, 0.3) is 0 Å². The van der Waals surface area contributed by atoms with Crippen LogP contribution in [0.3, 0.4) is 0 Å². The number of sulfone groups is 1. The van der Waals surface area contributed by atoms with Gasteiger partial charge in [0.1, 0.15) is 23.4 Å². The van der Waals surface area contributed by atoms with Crippen LogP contribution in [0.4, 0.5) is 39.5 Å². The highest BCUT2D eigenvalue weighted by Gasteiger charge is 2.44. The molecule has 2 heterocycles. The summed E-state index contributed by atoms with van der Waals surface area (Å²) in [4.78, 5) is 48.5. The van der Waals surface area contributed by atoms with Crippen molar-refractivity contribution in [2.75, 3.05) is 42.1 Å². The average molecular weight is 762 g/mol. The van der Waals surface area contributed by atoms with Crippen LogP contribution in [0, 0.1) is 5.82 Å². The topological polar surface area (TPSA) is 170 Å². The molecule has 18 heteroatoms. The van der Waals surface area contributed by atoms with Gasteiger partial charge < -0.3 is 30.3 Å². The van der Waals surface area contributed by atoms with Crippen LogP contribution in [0.2, 0.25) is 0 Å². The summed E-state index contributed by atoms with van der Waals surface area (Å²) in [6.07, 6.45) is -5.02. The summed E-state index contributed by atoms with van der Waals surface area (Å²) >= 11 is 0. The number of hydrogen-bond acceptors (Lipinski definition) is 11. The molecule has 5 rings (SSSR count). The van der Waals surface area contributed by atoms with Gasteiger partial charge in [-0.2, -0.15) is 13.2 Å². The number of halogens is 4. The van der Waals surface area contributed by atoms with E-state index in [1.165, 1.54) is 30.2 Å². The Morgan fingerprint density at radius 2 is 1.83 bits per heavy atom. The Morgan fingerprint density at radius 3 is 2.51 bits per heavy atom. The molecule has 2 atom stereocenters. The maximum absolute atomic E-state index is 15.7. The maximum atomic E-state index is 15.7. The molecule has 0 bridgehead atoms. The molecule has 2 amide bonds. The number of hydroxylamine groups is 1. The van der Waals surface area contributed by atoms with Gasteiger partial charge >= 0.3 is 18.2 Å². The number of ether oxygens (including phenoxy) is 2. The van der Waals surface area contributed by atoms with Crippen LogP contribution in [0.5, 0.6) is 5.75 Å². The molecule has 3 N–H and O–H groups in total. The number of aromatic nitrogens is 1. The Hall–Kier alpha value is -5.65. The Morgan fingerprint density at radius 1 is 1.08 bits per heavy atom. The van der Waals surface area contributed by atoms with E-state index in [1.54, 1.807) is 31.2 Å². The number of fused-ring (bicyclic) bond motifs is 1. The summed E-state index contributed by atoms with van der Waals surface area (Å²) < 4.78 is 92.1. The van der Waals surface area contributed by atoms with Crippen molar-refractivity contribution in [1.82, 2.24) is 9.88 Å². The Kier molecular flexibility index (Phi) is 11.3. The molecular weight excluding hydrogens is 726 g/mol. The molecule has 1 aromatic heterocycles. The zero-order chi connectivity index (χ0) is 38.7. The number of methoxy groups -OCH3 is 1. The number of nitrogens with two attached hydrogens (primary N) is 1.